The molecule has 2 aromatic rings. The van der Waals surface area contributed by atoms with Gasteiger partial charge in [0, 0.05) is 10.7 Å². The van der Waals surface area contributed by atoms with Crippen LogP contribution in [-0.2, 0) is 0 Å². The summed E-state index contributed by atoms with van der Waals surface area (Å²) in [5.74, 6) is 0.779. The lowest BCUT2D eigenvalue weighted by molar-refractivity contribution is 0.907. The van der Waals surface area contributed by atoms with E-state index >= 15 is 0 Å². The van der Waals surface area contributed by atoms with E-state index in [-0.39, 0.29) is 5.92 Å². The van der Waals surface area contributed by atoms with Gasteiger partial charge in [-0.1, -0.05) is 15.9 Å². The Bertz CT molecular complexity index is 622. The van der Waals surface area contributed by atoms with Crippen molar-refractivity contribution in [3.05, 3.63) is 46.0 Å². The molecular formula is C14H14BrN3. The first kappa shape index (κ1) is 12.8. The third-order valence-electron chi connectivity index (χ3n) is 2.91. The SMILES string of the molecule is Cc1cn(-c2ccc(Br)cc2C(C)C#N)c(C)n1. The maximum absolute atomic E-state index is 9.13. The summed E-state index contributed by atoms with van der Waals surface area (Å²) in [6.45, 7) is 5.84. The maximum Gasteiger partial charge on any atom is 0.110 e. The van der Waals surface area contributed by atoms with Gasteiger partial charge in [-0.25, -0.2) is 4.98 Å². The van der Waals surface area contributed by atoms with E-state index in [1.54, 1.807) is 0 Å². The second-order valence-corrected chi connectivity index (χ2v) is 5.27. The Kier molecular flexibility index (Phi) is 3.53. The second-order valence-electron chi connectivity index (χ2n) is 4.35. The lowest BCUT2D eigenvalue weighted by Crippen LogP contribution is -2.03. The molecule has 0 saturated carbocycles. The number of benzene rings is 1. The Hall–Kier alpha value is -1.60. The minimum absolute atomic E-state index is 0.153. The number of nitriles is 1. The minimum Gasteiger partial charge on any atom is -0.303 e. The molecule has 0 aliphatic heterocycles. The second kappa shape index (κ2) is 4.95. The van der Waals surface area contributed by atoms with Crippen LogP contribution >= 0.6 is 15.9 Å². The molecule has 1 heterocycles. The van der Waals surface area contributed by atoms with Crippen molar-refractivity contribution in [3.8, 4) is 11.8 Å². The number of nitrogens with zero attached hydrogens (tertiary/aromatic N) is 3. The third kappa shape index (κ3) is 2.32. The summed E-state index contributed by atoms with van der Waals surface area (Å²) in [6, 6.07) is 8.29. The predicted octanol–water partition coefficient (Wildman–Crippen LogP) is 3.88. The minimum atomic E-state index is -0.153. The first-order chi connectivity index (χ1) is 8.52. The molecule has 1 atom stereocenters. The number of aryl methyl sites for hydroxylation is 2. The molecule has 18 heavy (non-hydrogen) atoms. The molecule has 0 bridgehead atoms. The van der Waals surface area contributed by atoms with Crippen LogP contribution in [0.2, 0.25) is 0 Å². The Morgan fingerprint density at radius 1 is 1.39 bits per heavy atom. The van der Waals surface area contributed by atoms with Crippen molar-refractivity contribution in [3.63, 3.8) is 0 Å². The molecule has 0 aliphatic carbocycles. The van der Waals surface area contributed by atoms with Crippen molar-refractivity contribution in [2.24, 2.45) is 0 Å². The fourth-order valence-corrected chi connectivity index (χ4v) is 2.40. The van der Waals surface area contributed by atoms with Crippen molar-refractivity contribution in [1.29, 1.82) is 5.26 Å². The zero-order valence-electron chi connectivity index (χ0n) is 10.6. The summed E-state index contributed by atoms with van der Waals surface area (Å²) in [5.41, 5.74) is 3.00. The average Bonchev–Trinajstić information content (AvgIpc) is 2.67. The third-order valence-corrected chi connectivity index (χ3v) is 3.41. The molecule has 1 unspecified atom stereocenters. The van der Waals surface area contributed by atoms with Crippen LogP contribution in [-0.4, -0.2) is 9.55 Å². The first-order valence-electron chi connectivity index (χ1n) is 5.75. The molecule has 0 aliphatic rings. The van der Waals surface area contributed by atoms with Crippen molar-refractivity contribution >= 4 is 15.9 Å². The van der Waals surface area contributed by atoms with Crippen molar-refractivity contribution in [2.75, 3.05) is 0 Å². The molecule has 1 aromatic heterocycles. The van der Waals surface area contributed by atoms with Gasteiger partial charge in [0.1, 0.15) is 5.82 Å². The number of hydrogen-bond donors (Lipinski definition) is 0. The van der Waals surface area contributed by atoms with Gasteiger partial charge >= 0.3 is 0 Å². The van der Waals surface area contributed by atoms with E-state index in [9.17, 15) is 0 Å². The summed E-state index contributed by atoms with van der Waals surface area (Å²) in [5, 5.41) is 9.13. The summed E-state index contributed by atoms with van der Waals surface area (Å²) in [7, 11) is 0. The van der Waals surface area contributed by atoms with Gasteiger partial charge in [-0.05, 0) is 44.5 Å². The van der Waals surface area contributed by atoms with E-state index in [0.29, 0.717) is 0 Å². The van der Waals surface area contributed by atoms with Gasteiger partial charge in [0.15, 0.2) is 0 Å². The number of rotatable bonds is 2. The van der Waals surface area contributed by atoms with Gasteiger partial charge in [-0.3, -0.25) is 0 Å². The normalized spacial score (nSPS) is 12.2. The monoisotopic (exact) mass is 303 g/mol. The summed E-state index contributed by atoms with van der Waals surface area (Å²) >= 11 is 3.46. The zero-order chi connectivity index (χ0) is 13.3. The number of imidazole rings is 1. The van der Waals surface area contributed by atoms with Crippen LogP contribution in [0.25, 0.3) is 5.69 Å². The van der Waals surface area contributed by atoms with Crippen LogP contribution < -0.4 is 0 Å². The molecule has 0 N–H and O–H groups in total. The highest BCUT2D eigenvalue weighted by Crippen LogP contribution is 2.27. The Morgan fingerprint density at radius 3 is 2.67 bits per heavy atom. The van der Waals surface area contributed by atoms with E-state index < -0.39 is 0 Å². The largest absolute Gasteiger partial charge is 0.303 e. The predicted molar refractivity (Wildman–Crippen MR) is 74.8 cm³/mol. The Morgan fingerprint density at radius 2 is 2.11 bits per heavy atom. The van der Waals surface area contributed by atoms with Crippen molar-refractivity contribution in [1.82, 2.24) is 9.55 Å². The topological polar surface area (TPSA) is 41.6 Å². The summed E-state index contributed by atoms with van der Waals surface area (Å²) < 4.78 is 3.02. The van der Waals surface area contributed by atoms with Gasteiger partial charge < -0.3 is 4.57 Å². The highest BCUT2D eigenvalue weighted by molar-refractivity contribution is 9.10. The van der Waals surface area contributed by atoms with Crippen LogP contribution in [0, 0.1) is 25.2 Å². The lowest BCUT2D eigenvalue weighted by atomic mass is 10.0. The van der Waals surface area contributed by atoms with Crippen LogP contribution in [0.15, 0.2) is 28.9 Å². The molecular weight excluding hydrogens is 290 g/mol. The molecule has 0 fully saturated rings. The van der Waals surface area contributed by atoms with Gasteiger partial charge in [-0.15, -0.1) is 0 Å². The van der Waals surface area contributed by atoms with Gasteiger partial charge in [-0.2, -0.15) is 5.26 Å². The van der Waals surface area contributed by atoms with E-state index in [1.807, 2.05) is 49.7 Å². The average molecular weight is 304 g/mol. The molecule has 1 aromatic carbocycles. The van der Waals surface area contributed by atoms with Crippen LogP contribution in [0.3, 0.4) is 0 Å². The lowest BCUT2D eigenvalue weighted by Gasteiger charge is -2.13. The van der Waals surface area contributed by atoms with Crippen LogP contribution in [0.1, 0.15) is 29.9 Å². The fourth-order valence-electron chi connectivity index (χ4n) is 2.02. The zero-order valence-corrected chi connectivity index (χ0v) is 12.2. The summed E-state index contributed by atoms with van der Waals surface area (Å²) in [4.78, 5) is 4.40. The maximum atomic E-state index is 9.13. The highest BCUT2D eigenvalue weighted by Gasteiger charge is 2.14. The molecule has 0 radical (unpaired) electrons. The molecule has 2 rings (SSSR count). The Labute approximate surface area is 115 Å². The molecule has 0 amide bonds. The number of aromatic nitrogens is 2. The number of hydrogen-bond acceptors (Lipinski definition) is 2. The highest BCUT2D eigenvalue weighted by atomic mass is 79.9. The standard InChI is InChI=1S/C14H14BrN3/c1-9(7-16)13-6-12(15)4-5-14(13)18-8-10(2)17-11(18)3/h4-6,8-9H,1-3H3. The van der Waals surface area contributed by atoms with E-state index in [2.05, 4.69) is 27.0 Å². The quantitative estimate of drug-likeness (QED) is 0.845. The first-order valence-corrected chi connectivity index (χ1v) is 6.54. The molecule has 4 heteroatoms. The molecule has 3 nitrogen and oxygen atoms in total. The van der Waals surface area contributed by atoms with Gasteiger partial charge in [0.25, 0.3) is 0 Å². The summed E-state index contributed by atoms with van der Waals surface area (Å²) in [6.07, 6.45) is 1.99. The van der Waals surface area contributed by atoms with Gasteiger partial charge in [0.2, 0.25) is 0 Å². The van der Waals surface area contributed by atoms with Gasteiger partial charge in [0.05, 0.1) is 23.4 Å². The van der Waals surface area contributed by atoms with E-state index in [1.165, 1.54) is 0 Å². The van der Waals surface area contributed by atoms with Crippen LogP contribution in [0.5, 0.6) is 0 Å². The molecule has 0 saturated heterocycles. The number of halogens is 1. The Balaban J connectivity index is 2.64. The van der Waals surface area contributed by atoms with Crippen LogP contribution in [0.4, 0.5) is 0 Å². The molecule has 92 valence electrons. The van der Waals surface area contributed by atoms with E-state index in [0.717, 1.165) is 27.2 Å². The van der Waals surface area contributed by atoms with Crippen molar-refractivity contribution in [2.45, 2.75) is 26.7 Å². The van der Waals surface area contributed by atoms with Crippen molar-refractivity contribution < 1.29 is 0 Å². The molecule has 0 spiro atoms. The smallest absolute Gasteiger partial charge is 0.110 e. The fraction of sp³-hybridized carbons (Fsp3) is 0.286. The van der Waals surface area contributed by atoms with E-state index in [4.69, 9.17) is 5.26 Å².